The zero-order valence-electron chi connectivity index (χ0n) is 17.9. The summed E-state index contributed by atoms with van der Waals surface area (Å²) in [5.74, 6) is -0.484. The van der Waals surface area contributed by atoms with E-state index in [4.69, 9.17) is 10.7 Å². The third-order valence-electron chi connectivity index (χ3n) is 5.46. The first-order chi connectivity index (χ1) is 14.9. The number of halogens is 1. The Morgan fingerprint density at radius 2 is 2.00 bits per heavy atom. The summed E-state index contributed by atoms with van der Waals surface area (Å²) in [4.78, 5) is 15.5. The molecule has 1 saturated heterocycles. The first-order valence-electron chi connectivity index (χ1n) is 10.4. The van der Waals surface area contributed by atoms with Crippen molar-refractivity contribution in [2.45, 2.75) is 32.4 Å². The van der Waals surface area contributed by atoms with Crippen LogP contribution in [0.1, 0.15) is 25.8 Å². The Morgan fingerprint density at radius 3 is 2.74 bits per heavy atom. The van der Waals surface area contributed by atoms with Crippen molar-refractivity contribution in [2.24, 2.45) is 4.99 Å². The Morgan fingerprint density at radius 1 is 1.26 bits per heavy atom. The number of phenolic OH excluding ortho intramolecular Hbond substituents is 1. The predicted octanol–water partition coefficient (Wildman–Crippen LogP) is 3.35. The highest BCUT2D eigenvalue weighted by Crippen LogP contribution is 2.36. The van der Waals surface area contributed by atoms with Gasteiger partial charge in [-0.15, -0.1) is 0 Å². The Labute approximate surface area is 180 Å². The summed E-state index contributed by atoms with van der Waals surface area (Å²) in [6.45, 7) is 6.18. The number of hydrogen-bond acceptors (Lipinski definition) is 7. The van der Waals surface area contributed by atoms with Gasteiger partial charge in [-0.25, -0.2) is 14.4 Å². The molecule has 0 saturated carbocycles. The predicted molar refractivity (Wildman–Crippen MR) is 123 cm³/mol. The number of aromatic nitrogens is 2. The van der Waals surface area contributed by atoms with Crippen LogP contribution in [0.3, 0.4) is 0 Å². The van der Waals surface area contributed by atoms with Crippen LogP contribution in [0, 0.1) is 5.82 Å². The number of fused-ring (bicyclic) bond motifs is 1. The lowest BCUT2D eigenvalue weighted by molar-refractivity contribution is 0.436. The number of aliphatic imine (C=N–C) groups is 1. The SMILES string of the molecule is CN=Cc1cc(-c2ccc3nc(N4CCC(NC(C)C)C4)ccc3n2)c(O)c(F)c1N. The lowest BCUT2D eigenvalue weighted by Gasteiger charge is -2.19. The molecule has 0 bridgehead atoms. The van der Waals surface area contributed by atoms with E-state index in [1.165, 1.54) is 6.21 Å². The van der Waals surface area contributed by atoms with E-state index in [0.29, 0.717) is 28.9 Å². The zero-order valence-corrected chi connectivity index (χ0v) is 17.9. The molecule has 2 aromatic heterocycles. The quantitative estimate of drug-likeness (QED) is 0.431. The topological polar surface area (TPSA) is 99.7 Å². The van der Waals surface area contributed by atoms with Crippen LogP contribution >= 0.6 is 0 Å². The molecule has 1 aliphatic rings. The van der Waals surface area contributed by atoms with Gasteiger partial charge in [0.1, 0.15) is 5.82 Å². The third-order valence-corrected chi connectivity index (χ3v) is 5.46. The minimum atomic E-state index is -0.874. The Hall–Kier alpha value is -3.26. The number of anilines is 2. The van der Waals surface area contributed by atoms with Crippen LogP contribution in [0.15, 0.2) is 35.3 Å². The summed E-state index contributed by atoms with van der Waals surface area (Å²) in [6.07, 6.45) is 2.54. The Bertz CT molecular complexity index is 1150. The number of nitrogens with one attached hydrogen (secondary N) is 1. The number of nitrogen functional groups attached to an aromatic ring is 1. The molecule has 0 spiro atoms. The maximum atomic E-state index is 14.4. The molecule has 3 aromatic rings. The van der Waals surface area contributed by atoms with Gasteiger partial charge in [-0.1, -0.05) is 13.8 Å². The minimum absolute atomic E-state index is 0.144. The fourth-order valence-corrected chi connectivity index (χ4v) is 4.02. The fourth-order valence-electron chi connectivity index (χ4n) is 4.02. The molecular weight excluding hydrogens is 395 g/mol. The molecular formula is C23H27FN6O. The van der Waals surface area contributed by atoms with Gasteiger partial charge < -0.3 is 21.1 Å². The van der Waals surface area contributed by atoms with E-state index in [9.17, 15) is 9.50 Å². The monoisotopic (exact) mass is 422 g/mol. The summed E-state index contributed by atoms with van der Waals surface area (Å²) in [6, 6.07) is 9.92. The minimum Gasteiger partial charge on any atom is -0.504 e. The van der Waals surface area contributed by atoms with Gasteiger partial charge in [-0.2, -0.15) is 0 Å². The largest absolute Gasteiger partial charge is 0.504 e. The molecule has 31 heavy (non-hydrogen) atoms. The molecule has 0 amide bonds. The number of nitrogens with zero attached hydrogens (tertiary/aromatic N) is 4. The van der Waals surface area contributed by atoms with E-state index in [-0.39, 0.29) is 11.3 Å². The van der Waals surface area contributed by atoms with Crippen LogP contribution < -0.4 is 16.0 Å². The maximum absolute atomic E-state index is 14.4. The number of aromatic hydroxyl groups is 1. The van der Waals surface area contributed by atoms with Gasteiger partial charge in [0.2, 0.25) is 0 Å². The molecule has 7 nitrogen and oxygen atoms in total. The van der Waals surface area contributed by atoms with Crippen molar-refractivity contribution < 1.29 is 9.50 Å². The number of nitrogens with two attached hydrogens (primary N) is 1. The average Bonchev–Trinajstić information content (AvgIpc) is 3.21. The molecule has 1 fully saturated rings. The molecule has 4 rings (SSSR count). The average molecular weight is 423 g/mol. The van der Waals surface area contributed by atoms with Crippen molar-refractivity contribution in [1.29, 1.82) is 0 Å². The molecule has 0 aliphatic carbocycles. The summed E-state index contributed by atoms with van der Waals surface area (Å²) in [5, 5.41) is 13.9. The van der Waals surface area contributed by atoms with Crippen LogP contribution in [0.25, 0.3) is 22.3 Å². The highest BCUT2D eigenvalue weighted by Gasteiger charge is 2.24. The molecule has 0 radical (unpaired) electrons. The van der Waals surface area contributed by atoms with E-state index in [1.807, 2.05) is 18.2 Å². The second-order valence-corrected chi connectivity index (χ2v) is 8.13. The van der Waals surface area contributed by atoms with Crippen molar-refractivity contribution in [3.05, 3.63) is 41.7 Å². The third kappa shape index (κ3) is 4.16. The van der Waals surface area contributed by atoms with Gasteiger partial charge in [0.05, 0.1) is 22.4 Å². The molecule has 3 heterocycles. The fraction of sp³-hybridized carbons (Fsp3) is 0.348. The van der Waals surface area contributed by atoms with Crippen molar-refractivity contribution in [2.75, 3.05) is 30.8 Å². The van der Waals surface area contributed by atoms with E-state index >= 15 is 0 Å². The molecule has 1 aromatic carbocycles. The number of rotatable bonds is 5. The number of pyridine rings is 2. The van der Waals surface area contributed by atoms with Crippen LogP contribution in [0.2, 0.25) is 0 Å². The Balaban J connectivity index is 1.65. The lowest BCUT2D eigenvalue weighted by atomic mass is 10.0. The maximum Gasteiger partial charge on any atom is 0.189 e. The highest BCUT2D eigenvalue weighted by atomic mass is 19.1. The van der Waals surface area contributed by atoms with Crippen molar-refractivity contribution in [3.8, 4) is 17.0 Å². The van der Waals surface area contributed by atoms with Gasteiger partial charge >= 0.3 is 0 Å². The smallest absolute Gasteiger partial charge is 0.189 e. The van der Waals surface area contributed by atoms with Crippen LogP contribution in [0.4, 0.5) is 15.9 Å². The van der Waals surface area contributed by atoms with Crippen LogP contribution in [-0.4, -0.2) is 53.5 Å². The molecule has 8 heteroatoms. The van der Waals surface area contributed by atoms with Crippen LogP contribution in [-0.2, 0) is 0 Å². The first kappa shape index (κ1) is 21.0. The van der Waals surface area contributed by atoms with Crippen LogP contribution in [0.5, 0.6) is 5.75 Å². The summed E-state index contributed by atoms with van der Waals surface area (Å²) in [7, 11) is 1.57. The highest BCUT2D eigenvalue weighted by molar-refractivity contribution is 5.91. The van der Waals surface area contributed by atoms with Gasteiger partial charge in [-0.05, 0) is 36.8 Å². The summed E-state index contributed by atoms with van der Waals surface area (Å²) >= 11 is 0. The lowest BCUT2D eigenvalue weighted by Crippen LogP contribution is -2.37. The van der Waals surface area contributed by atoms with Gasteiger partial charge in [0.25, 0.3) is 0 Å². The number of hydrogen-bond donors (Lipinski definition) is 3. The standard InChI is InChI=1S/C23H27FN6O/c1-13(2)27-15-8-9-30(12-15)20-7-6-18-19(29-20)5-4-17(28-18)16-10-14(11-26-3)22(25)21(24)23(16)31/h4-7,10-11,13,15,27,31H,8-9,12,25H2,1-3H3. The van der Waals surface area contributed by atoms with Crippen molar-refractivity contribution >= 4 is 28.8 Å². The van der Waals surface area contributed by atoms with Crippen molar-refractivity contribution in [1.82, 2.24) is 15.3 Å². The van der Waals surface area contributed by atoms with Gasteiger partial charge in [0.15, 0.2) is 11.6 Å². The van der Waals surface area contributed by atoms with Gasteiger partial charge in [0, 0.05) is 49.6 Å². The molecule has 162 valence electrons. The van der Waals surface area contributed by atoms with Gasteiger partial charge in [-0.3, -0.25) is 4.99 Å². The number of benzene rings is 1. The molecule has 1 atom stereocenters. The Kier molecular flexibility index (Phi) is 5.73. The zero-order chi connectivity index (χ0) is 22.1. The molecule has 1 unspecified atom stereocenters. The summed E-state index contributed by atoms with van der Waals surface area (Å²) in [5.41, 5.74) is 8.11. The summed E-state index contributed by atoms with van der Waals surface area (Å²) < 4.78 is 14.4. The van der Waals surface area contributed by atoms with E-state index in [2.05, 4.69) is 34.0 Å². The van der Waals surface area contributed by atoms with Crippen molar-refractivity contribution in [3.63, 3.8) is 0 Å². The second kappa shape index (κ2) is 8.47. The molecule has 4 N–H and O–H groups in total. The first-order valence-corrected chi connectivity index (χ1v) is 10.4. The van der Waals surface area contributed by atoms with E-state index in [1.54, 1.807) is 19.2 Å². The second-order valence-electron chi connectivity index (χ2n) is 8.13. The normalized spacial score (nSPS) is 16.8. The molecule has 1 aliphatic heterocycles. The van der Waals surface area contributed by atoms with E-state index in [0.717, 1.165) is 30.8 Å². The number of phenols is 1. The van der Waals surface area contributed by atoms with E-state index < -0.39 is 11.6 Å².